The molecule has 0 amide bonds. The fourth-order valence-corrected chi connectivity index (χ4v) is 3.55. The van der Waals surface area contributed by atoms with Crippen LogP contribution in [0.25, 0.3) is 12.2 Å². The molecule has 2 rings (SSSR count). The maximum absolute atomic E-state index is 10.9. The predicted octanol–water partition coefficient (Wildman–Crippen LogP) is 5.48. The van der Waals surface area contributed by atoms with Crippen molar-refractivity contribution in [2.24, 2.45) is 0 Å². The topological polar surface area (TPSA) is 86.8 Å². The molecule has 32 heavy (non-hydrogen) atoms. The quantitative estimate of drug-likeness (QED) is 0.157. The van der Waals surface area contributed by atoms with Gasteiger partial charge in [0.2, 0.25) is 0 Å². The van der Waals surface area contributed by atoms with Crippen molar-refractivity contribution >= 4 is 23.5 Å². The summed E-state index contributed by atoms with van der Waals surface area (Å²) in [6.07, 6.45) is 12.0. The van der Waals surface area contributed by atoms with Crippen LogP contribution in [0.3, 0.4) is 0 Å². The molecule has 0 aliphatic carbocycles. The number of nitro benzene ring substituents is 1. The molecule has 0 aliphatic rings. The largest absolute Gasteiger partial charge is 0.396 e. The number of aliphatic hydroxyl groups excluding tert-OH is 2. The first-order valence-electron chi connectivity index (χ1n) is 11.5. The Morgan fingerprint density at radius 3 is 2.03 bits per heavy atom. The molecule has 0 fully saturated rings. The second-order valence-electron chi connectivity index (χ2n) is 7.96. The minimum Gasteiger partial charge on any atom is -0.396 e. The molecule has 0 aromatic heterocycles. The number of nitrogens with zero attached hydrogens (tertiary/aromatic N) is 2. The van der Waals surface area contributed by atoms with Crippen LogP contribution in [0.5, 0.6) is 0 Å². The van der Waals surface area contributed by atoms with E-state index in [-0.39, 0.29) is 23.8 Å². The van der Waals surface area contributed by atoms with Crippen molar-refractivity contribution in [3.63, 3.8) is 0 Å². The number of hydrogen-bond acceptors (Lipinski definition) is 5. The van der Waals surface area contributed by atoms with Gasteiger partial charge >= 0.3 is 0 Å². The van der Waals surface area contributed by atoms with Gasteiger partial charge in [0.1, 0.15) is 0 Å². The number of unbranched alkanes of at least 4 members (excludes halogenated alkanes) is 6. The molecule has 2 N–H and O–H groups in total. The van der Waals surface area contributed by atoms with Crippen LogP contribution in [0.2, 0.25) is 0 Å². The van der Waals surface area contributed by atoms with Crippen LogP contribution >= 0.6 is 0 Å². The number of non-ortho nitro benzene ring substituents is 1. The fourth-order valence-electron chi connectivity index (χ4n) is 3.55. The summed E-state index contributed by atoms with van der Waals surface area (Å²) in [6, 6.07) is 16.0. The summed E-state index contributed by atoms with van der Waals surface area (Å²) in [5.41, 5.74) is 2.94. The maximum atomic E-state index is 10.9. The van der Waals surface area contributed by atoms with Gasteiger partial charge in [-0.05, 0) is 48.9 Å². The Balaban J connectivity index is 1.97. The average molecular weight is 440 g/mol. The number of benzene rings is 2. The third-order valence-corrected chi connectivity index (χ3v) is 5.38. The van der Waals surface area contributed by atoms with Crippen molar-refractivity contribution in [2.45, 2.75) is 51.4 Å². The molecular formula is C26H35N2O4. The van der Waals surface area contributed by atoms with Gasteiger partial charge in [0.25, 0.3) is 5.69 Å². The van der Waals surface area contributed by atoms with Crippen molar-refractivity contribution in [1.82, 2.24) is 0 Å². The van der Waals surface area contributed by atoms with Gasteiger partial charge in [-0.15, -0.1) is 0 Å². The molecule has 173 valence electrons. The van der Waals surface area contributed by atoms with Crippen LogP contribution in [0.15, 0.2) is 42.5 Å². The molecule has 0 heterocycles. The zero-order valence-electron chi connectivity index (χ0n) is 18.8. The standard InChI is InChI=1S/C26H35N2O4/c29-20-7-3-1-5-18-27(19-6-2-4-8-21-30)25-16-14-23(15-17-25)12-13-24-10-9-11-26(22-24)28(31)32/h9-16,22,29-30H,1-8,18-21H2. The SMILES string of the molecule is O=[N+]([O-])c1cccc(C=Cc2c[c]c(N(CCCCCCO)CCCCCCO)cc2)c1. The normalized spacial score (nSPS) is 11.2. The summed E-state index contributed by atoms with van der Waals surface area (Å²) in [7, 11) is 0. The number of hydrogen-bond donors (Lipinski definition) is 2. The Morgan fingerprint density at radius 1 is 0.844 bits per heavy atom. The zero-order chi connectivity index (χ0) is 23.0. The molecular weight excluding hydrogens is 404 g/mol. The average Bonchev–Trinajstić information content (AvgIpc) is 2.81. The number of anilines is 1. The maximum Gasteiger partial charge on any atom is 0.270 e. The second-order valence-corrected chi connectivity index (χ2v) is 7.96. The van der Waals surface area contributed by atoms with E-state index in [1.807, 2.05) is 30.4 Å². The molecule has 0 unspecified atom stereocenters. The third-order valence-electron chi connectivity index (χ3n) is 5.38. The van der Waals surface area contributed by atoms with E-state index in [1.165, 1.54) is 6.07 Å². The highest BCUT2D eigenvalue weighted by Crippen LogP contribution is 2.20. The first kappa shape index (κ1) is 25.6. The van der Waals surface area contributed by atoms with E-state index in [1.54, 1.807) is 12.1 Å². The molecule has 2 aromatic rings. The Morgan fingerprint density at radius 2 is 1.47 bits per heavy atom. The van der Waals surface area contributed by atoms with Crippen LogP contribution in [0.1, 0.15) is 62.5 Å². The van der Waals surface area contributed by atoms with E-state index in [0.717, 1.165) is 81.3 Å². The summed E-state index contributed by atoms with van der Waals surface area (Å²) in [5.74, 6) is 0. The monoisotopic (exact) mass is 439 g/mol. The Kier molecular flexibility index (Phi) is 12.1. The molecule has 1 radical (unpaired) electrons. The van der Waals surface area contributed by atoms with Crippen molar-refractivity contribution in [2.75, 3.05) is 31.2 Å². The first-order chi connectivity index (χ1) is 15.6. The third kappa shape index (κ3) is 9.62. The first-order valence-corrected chi connectivity index (χ1v) is 11.5. The van der Waals surface area contributed by atoms with Crippen molar-refractivity contribution in [3.05, 3.63) is 69.8 Å². The van der Waals surface area contributed by atoms with Gasteiger partial charge in [-0.1, -0.05) is 56.0 Å². The van der Waals surface area contributed by atoms with Gasteiger partial charge in [-0.3, -0.25) is 10.1 Å². The van der Waals surface area contributed by atoms with Crippen molar-refractivity contribution in [1.29, 1.82) is 0 Å². The number of aliphatic hydroxyl groups is 2. The van der Waals surface area contributed by atoms with E-state index >= 15 is 0 Å². The van der Waals surface area contributed by atoms with Crippen LogP contribution in [0.4, 0.5) is 11.4 Å². The highest BCUT2D eigenvalue weighted by atomic mass is 16.6. The van der Waals surface area contributed by atoms with E-state index in [4.69, 9.17) is 10.2 Å². The summed E-state index contributed by atoms with van der Waals surface area (Å²) < 4.78 is 0. The Bertz CT molecular complexity index is 807. The van der Waals surface area contributed by atoms with Gasteiger partial charge in [-0.2, -0.15) is 0 Å². The smallest absolute Gasteiger partial charge is 0.270 e. The molecule has 0 aliphatic heterocycles. The van der Waals surface area contributed by atoms with E-state index in [2.05, 4.69) is 17.0 Å². The lowest BCUT2D eigenvalue weighted by Gasteiger charge is -2.25. The van der Waals surface area contributed by atoms with E-state index in [0.29, 0.717) is 0 Å². The molecule has 6 nitrogen and oxygen atoms in total. The molecule has 0 atom stereocenters. The van der Waals surface area contributed by atoms with Crippen LogP contribution < -0.4 is 4.90 Å². The summed E-state index contributed by atoms with van der Waals surface area (Å²) >= 11 is 0. The molecule has 0 saturated carbocycles. The minimum absolute atomic E-state index is 0.0858. The lowest BCUT2D eigenvalue weighted by atomic mass is 10.1. The van der Waals surface area contributed by atoms with Crippen LogP contribution in [-0.4, -0.2) is 41.4 Å². The zero-order valence-corrected chi connectivity index (χ0v) is 18.8. The van der Waals surface area contributed by atoms with Crippen molar-refractivity contribution in [3.8, 4) is 0 Å². The molecule has 0 spiro atoms. The number of nitro groups is 1. The minimum atomic E-state index is -0.387. The highest BCUT2D eigenvalue weighted by molar-refractivity contribution is 5.71. The van der Waals surface area contributed by atoms with Crippen LogP contribution in [-0.2, 0) is 0 Å². The predicted molar refractivity (Wildman–Crippen MR) is 131 cm³/mol. The molecule has 0 saturated heterocycles. The fraction of sp³-hybridized carbons (Fsp3) is 0.462. The van der Waals surface area contributed by atoms with E-state index in [9.17, 15) is 10.1 Å². The lowest BCUT2D eigenvalue weighted by Crippen LogP contribution is -2.25. The summed E-state index contributed by atoms with van der Waals surface area (Å²) in [5, 5.41) is 28.8. The van der Waals surface area contributed by atoms with Gasteiger partial charge in [0.05, 0.1) is 4.92 Å². The second kappa shape index (κ2) is 15.2. The molecule has 0 bridgehead atoms. The van der Waals surface area contributed by atoms with Gasteiger partial charge in [-0.25, -0.2) is 0 Å². The summed E-state index contributed by atoms with van der Waals surface area (Å²) in [4.78, 5) is 12.9. The molecule has 6 heteroatoms. The number of rotatable bonds is 16. The van der Waals surface area contributed by atoms with Crippen LogP contribution in [0, 0.1) is 16.2 Å². The Hall–Kier alpha value is -2.70. The lowest BCUT2D eigenvalue weighted by molar-refractivity contribution is -0.384. The Labute approximate surface area is 191 Å². The highest BCUT2D eigenvalue weighted by Gasteiger charge is 2.07. The van der Waals surface area contributed by atoms with E-state index < -0.39 is 0 Å². The molecule has 2 aromatic carbocycles. The summed E-state index contributed by atoms with van der Waals surface area (Å²) in [6.45, 7) is 2.44. The van der Waals surface area contributed by atoms with Gasteiger partial charge in [0, 0.05) is 50.2 Å². The van der Waals surface area contributed by atoms with Gasteiger partial charge in [0.15, 0.2) is 0 Å². The van der Waals surface area contributed by atoms with Gasteiger partial charge < -0.3 is 15.1 Å². The van der Waals surface area contributed by atoms with Crippen molar-refractivity contribution < 1.29 is 15.1 Å².